The minimum absolute atomic E-state index is 0.580. The molecule has 20 heavy (non-hydrogen) atoms. The molecule has 0 nitrogen and oxygen atoms in total. The Morgan fingerprint density at radius 1 is 1.00 bits per heavy atom. The molecule has 0 spiro atoms. The lowest BCUT2D eigenvalue weighted by atomic mass is 9.15. The topological polar surface area (TPSA) is 0 Å². The third kappa shape index (κ3) is 2.53. The van der Waals surface area contributed by atoms with Crippen molar-refractivity contribution in [3.8, 4) is 11.1 Å². The highest BCUT2D eigenvalue weighted by Crippen LogP contribution is 2.21. The van der Waals surface area contributed by atoms with Gasteiger partial charge >= 0.3 is 0 Å². The van der Waals surface area contributed by atoms with Gasteiger partial charge in [0, 0.05) is 23.2 Å². The molecule has 2 aromatic rings. The molecular formula is C14H11B6. The van der Waals surface area contributed by atoms with Crippen molar-refractivity contribution in [2.75, 3.05) is 0 Å². The molecule has 0 saturated heterocycles. The van der Waals surface area contributed by atoms with Crippen LogP contribution in [0.25, 0.3) is 11.1 Å². The lowest BCUT2D eigenvalue weighted by Crippen LogP contribution is -2.47. The Morgan fingerprint density at radius 2 is 1.60 bits per heavy atom. The van der Waals surface area contributed by atoms with Crippen molar-refractivity contribution in [1.82, 2.24) is 0 Å². The van der Waals surface area contributed by atoms with E-state index >= 15 is 0 Å². The molecule has 0 heterocycles. The molecule has 0 aliphatic carbocycles. The van der Waals surface area contributed by atoms with Crippen molar-refractivity contribution in [1.29, 1.82) is 0 Å². The highest BCUT2D eigenvalue weighted by atomic mass is 14.1. The van der Waals surface area contributed by atoms with Gasteiger partial charge in [0.15, 0.2) is 0 Å². The predicted molar refractivity (Wildman–Crippen MR) is 94.8 cm³/mol. The van der Waals surface area contributed by atoms with E-state index in [2.05, 4.69) is 0 Å². The normalized spacial score (nSPS) is 10.3. The standard InChI is InChI=1S/C14H11B6/c1-8-11(10-6-4-3-5-7-10)14(20(17)18)9(2)13(19-16)12(8)15/h3-7H,1-2H3. The second-order valence-corrected chi connectivity index (χ2v) is 4.92. The van der Waals surface area contributed by atoms with Crippen molar-refractivity contribution in [2.24, 2.45) is 0 Å². The van der Waals surface area contributed by atoms with E-state index in [4.69, 9.17) is 31.1 Å². The maximum absolute atomic E-state index is 6.21. The van der Waals surface area contributed by atoms with Crippen LogP contribution in [-0.2, 0) is 0 Å². The van der Waals surface area contributed by atoms with E-state index in [9.17, 15) is 0 Å². The zero-order valence-electron chi connectivity index (χ0n) is 11.9. The Morgan fingerprint density at radius 3 is 2.10 bits per heavy atom. The maximum atomic E-state index is 6.21. The summed E-state index contributed by atoms with van der Waals surface area (Å²) in [5.74, 6) is 0. The molecule has 0 atom stereocenters. The first-order chi connectivity index (χ1) is 9.49. The first-order valence-corrected chi connectivity index (χ1v) is 6.53. The van der Waals surface area contributed by atoms with Crippen LogP contribution in [0.2, 0.25) is 0 Å². The monoisotopic (exact) mass is 245 g/mol. The number of rotatable bonds is 3. The molecule has 85 valence electrons. The Bertz CT molecular complexity index is 622. The fourth-order valence-corrected chi connectivity index (χ4v) is 2.68. The minimum Gasteiger partial charge on any atom is -0.102 e. The van der Waals surface area contributed by atoms with Crippen molar-refractivity contribution in [2.45, 2.75) is 13.8 Å². The highest BCUT2D eigenvalue weighted by Gasteiger charge is 2.19. The van der Waals surface area contributed by atoms with E-state index in [0.29, 0.717) is 5.46 Å². The van der Waals surface area contributed by atoms with Crippen LogP contribution in [0, 0.1) is 13.8 Å². The van der Waals surface area contributed by atoms with Gasteiger partial charge in [-0.1, -0.05) is 52.4 Å². The molecule has 0 amide bonds. The van der Waals surface area contributed by atoms with E-state index in [0.717, 1.165) is 33.2 Å². The lowest BCUT2D eigenvalue weighted by Gasteiger charge is -2.25. The van der Waals surface area contributed by atoms with Gasteiger partial charge in [0.25, 0.3) is 0 Å². The third-order valence-corrected chi connectivity index (χ3v) is 3.71. The van der Waals surface area contributed by atoms with Crippen LogP contribution in [0.15, 0.2) is 30.3 Å². The zero-order valence-corrected chi connectivity index (χ0v) is 11.9. The molecule has 0 saturated carbocycles. The fraction of sp³-hybridized carbons (Fsp3) is 0.143. The number of hydrogen-bond donors (Lipinski definition) is 0. The average Bonchev–Trinajstić information content (AvgIpc) is 2.43. The van der Waals surface area contributed by atoms with Crippen molar-refractivity contribution in [3.05, 3.63) is 41.5 Å². The predicted octanol–water partition coefficient (Wildman–Crippen LogP) is -0.791. The largest absolute Gasteiger partial charge is 0.113 e. The fourth-order valence-electron chi connectivity index (χ4n) is 2.68. The SMILES string of the molecule is [B][B]c1c([B])c(C)c(-c2ccccc2)c(B([B])[B])c1C. The second kappa shape index (κ2) is 6.08. The van der Waals surface area contributed by atoms with Crippen LogP contribution >= 0.6 is 0 Å². The Labute approximate surface area is 128 Å². The van der Waals surface area contributed by atoms with Gasteiger partial charge in [-0.2, -0.15) is 0 Å². The van der Waals surface area contributed by atoms with Gasteiger partial charge in [-0.25, -0.2) is 0 Å². The smallest absolute Gasteiger partial charge is 0.102 e. The average molecular weight is 244 g/mol. The van der Waals surface area contributed by atoms with Crippen LogP contribution in [-0.4, -0.2) is 44.7 Å². The molecule has 0 bridgehead atoms. The summed E-state index contributed by atoms with van der Waals surface area (Å²) in [4.78, 5) is 0. The number of benzene rings is 2. The molecule has 0 aliphatic heterocycles. The second-order valence-electron chi connectivity index (χ2n) is 4.92. The zero-order chi connectivity index (χ0) is 14.9. The van der Waals surface area contributed by atoms with Gasteiger partial charge in [0.2, 0.25) is 0 Å². The van der Waals surface area contributed by atoms with E-state index < -0.39 is 6.49 Å². The Kier molecular flexibility index (Phi) is 4.62. The van der Waals surface area contributed by atoms with Crippen LogP contribution in [0.3, 0.4) is 0 Å². The summed E-state index contributed by atoms with van der Waals surface area (Å²) >= 11 is 0. The Hall–Kier alpha value is -1.17. The van der Waals surface area contributed by atoms with Gasteiger partial charge in [0.05, 0.1) is 13.7 Å². The highest BCUT2D eigenvalue weighted by molar-refractivity contribution is 7.35. The molecular weight excluding hydrogens is 233 g/mol. The van der Waals surface area contributed by atoms with E-state index in [1.54, 1.807) is 0 Å². The molecule has 0 aromatic heterocycles. The Balaban J connectivity index is 2.86. The molecule has 9 radical (unpaired) electrons. The van der Waals surface area contributed by atoms with E-state index in [1.807, 2.05) is 44.2 Å². The minimum atomic E-state index is -0.580. The molecule has 2 rings (SSSR count). The summed E-state index contributed by atoms with van der Waals surface area (Å²) in [7, 11) is 25.4. The van der Waals surface area contributed by atoms with Crippen molar-refractivity contribution < 1.29 is 0 Å². The van der Waals surface area contributed by atoms with E-state index in [-0.39, 0.29) is 0 Å². The summed E-state index contributed by atoms with van der Waals surface area (Å²) in [6.45, 7) is 3.34. The third-order valence-electron chi connectivity index (χ3n) is 3.71. The summed E-state index contributed by atoms with van der Waals surface area (Å²) in [6, 6.07) is 9.99. The summed E-state index contributed by atoms with van der Waals surface area (Å²) < 4.78 is 0. The van der Waals surface area contributed by atoms with Crippen molar-refractivity contribution >= 4 is 61.1 Å². The number of hydrogen-bond acceptors (Lipinski definition) is 0. The molecule has 6 heteroatoms. The molecule has 0 aliphatic rings. The quantitative estimate of drug-likeness (QED) is 0.621. The van der Waals surface area contributed by atoms with Crippen LogP contribution < -0.4 is 16.4 Å². The molecule has 0 N–H and O–H groups in total. The van der Waals surface area contributed by atoms with Gasteiger partial charge in [0.1, 0.15) is 7.85 Å². The van der Waals surface area contributed by atoms with E-state index in [1.165, 1.54) is 7.17 Å². The first-order valence-electron chi connectivity index (χ1n) is 6.53. The van der Waals surface area contributed by atoms with Crippen LogP contribution in [0.4, 0.5) is 0 Å². The summed E-state index contributed by atoms with van der Waals surface area (Å²) in [5, 5.41) is 0. The van der Waals surface area contributed by atoms with Crippen molar-refractivity contribution in [3.63, 3.8) is 0 Å². The first kappa shape index (κ1) is 15.2. The van der Waals surface area contributed by atoms with Crippen LogP contribution in [0.1, 0.15) is 11.1 Å². The maximum Gasteiger partial charge on any atom is 0.113 e. The summed E-state index contributed by atoms with van der Waals surface area (Å²) in [5.41, 5.74) is 6.31. The van der Waals surface area contributed by atoms with Gasteiger partial charge < -0.3 is 0 Å². The summed E-state index contributed by atoms with van der Waals surface area (Å²) in [6.07, 6.45) is 0. The molecule has 2 aromatic carbocycles. The van der Waals surface area contributed by atoms with Gasteiger partial charge in [-0.3, -0.25) is 0 Å². The molecule has 0 unspecified atom stereocenters. The van der Waals surface area contributed by atoms with Crippen LogP contribution in [0.5, 0.6) is 0 Å². The van der Waals surface area contributed by atoms with Gasteiger partial charge in [-0.05, 0) is 25.0 Å². The molecule has 0 fully saturated rings. The lowest BCUT2D eigenvalue weighted by molar-refractivity contribution is 1.48. The van der Waals surface area contributed by atoms with Gasteiger partial charge in [-0.15, -0.1) is 5.46 Å².